The normalized spacial score (nSPS) is 7.00. The molecule has 0 radical (unpaired) electrons. The van der Waals surface area contributed by atoms with E-state index in [1.807, 2.05) is 0 Å². The molecule has 10 heavy (non-hydrogen) atoms. The molecule has 4 N–H and O–H groups in total. The van der Waals surface area contributed by atoms with Crippen molar-refractivity contribution in [1.29, 1.82) is 0 Å². The maximum atomic E-state index is 8.97. The van der Waals surface area contributed by atoms with Gasteiger partial charge in [-0.3, -0.25) is 9.35 Å². The van der Waals surface area contributed by atoms with Gasteiger partial charge in [0.05, 0.1) is 0 Å². The quantitative estimate of drug-likeness (QED) is 0.200. The fourth-order valence-electron chi connectivity index (χ4n) is 0. The van der Waals surface area contributed by atoms with Crippen molar-refractivity contribution in [2.24, 2.45) is 5.14 Å². The van der Waals surface area contributed by atoms with Gasteiger partial charge < -0.3 is 5.11 Å². The van der Waals surface area contributed by atoms with E-state index in [9.17, 15) is 0 Å². The van der Waals surface area contributed by atoms with E-state index in [1.54, 1.807) is 0 Å². The molecule has 0 aromatic heterocycles. The third-order valence-electron chi connectivity index (χ3n) is 0. The van der Waals surface area contributed by atoms with Gasteiger partial charge in [0, 0.05) is 0 Å². The van der Waals surface area contributed by atoms with Crippen LogP contribution in [0.2, 0.25) is 0 Å². The van der Waals surface area contributed by atoms with Crippen LogP contribution in [0.1, 0.15) is 0 Å². The number of rotatable bonds is 0. The molecule has 0 unspecified atom stereocenters. The van der Waals surface area contributed by atoms with Crippen molar-refractivity contribution in [2.75, 3.05) is 0 Å². The van der Waals surface area contributed by atoms with Gasteiger partial charge in [0.2, 0.25) is 0 Å². The topological polar surface area (TPSA) is 118 Å². The molecule has 54 valence electrons. The van der Waals surface area contributed by atoms with Gasteiger partial charge in [-0.2, -0.15) is 8.42 Å². The Labute approximate surface area is 82.4 Å². The van der Waals surface area contributed by atoms with Gasteiger partial charge >= 0.3 is 48.0 Å². The van der Waals surface area contributed by atoms with Crippen LogP contribution in [-0.4, -0.2) is 62.3 Å². The van der Waals surface area contributed by atoms with E-state index in [0.717, 1.165) is 0 Å². The summed E-state index contributed by atoms with van der Waals surface area (Å²) in [6.45, 7) is -0.250. The fourth-order valence-corrected chi connectivity index (χ4v) is 0. The van der Waals surface area contributed by atoms with Gasteiger partial charge in [0.25, 0.3) is 6.47 Å². The summed E-state index contributed by atoms with van der Waals surface area (Å²) in [5.74, 6) is 0. The van der Waals surface area contributed by atoms with Crippen LogP contribution in [0.5, 0.6) is 0 Å². The summed E-state index contributed by atoms with van der Waals surface area (Å²) in [5, 5.41) is 10.8. The van der Waals surface area contributed by atoms with Crippen LogP contribution in [0.3, 0.4) is 0 Å². The predicted molar refractivity (Wildman–Crippen MR) is 38.7 cm³/mol. The molecule has 0 saturated carbocycles. The third kappa shape index (κ3) is 1690. The number of carboxylic acid groups (broad SMARTS) is 1. The number of hydrogen-bond acceptors (Lipinski definition) is 3. The Morgan fingerprint density at radius 3 is 1.30 bits per heavy atom. The van der Waals surface area contributed by atoms with Crippen LogP contribution < -0.4 is 5.14 Å². The van der Waals surface area contributed by atoms with Gasteiger partial charge in [0.1, 0.15) is 0 Å². The number of carbonyl (C=O) groups is 1. The van der Waals surface area contributed by atoms with Crippen molar-refractivity contribution in [3.05, 3.63) is 0 Å². The Hall–Kier alpha value is 0.535. The minimum atomic E-state index is -4.17. The molecule has 0 fully saturated rings. The van der Waals surface area contributed by atoms with Crippen molar-refractivity contribution in [3.8, 4) is 0 Å². The second-order valence-corrected chi connectivity index (χ2v) is 1.65. The average Bonchev–Trinajstić information content (AvgIpc) is 1.27. The van der Waals surface area contributed by atoms with Crippen LogP contribution in [0.25, 0.3) is 0 Å². The first kappa shape index (κ1) is 22.4. The van der Waals surface area contributed by atoms with Crippen LogP contribution in [-0.2, 0) is 15.1 Å². The standard InChI is InChI=1S/CH2O2.2Li.H3NO3S.2H/c2-1-3;;;1-5(2,3)4;;/h1H,(H,2,3);;;(H3,1,2,3,4);;. The van der Waals surface area contributed by atoms with E-state index >= 15 is 0 Å². The van der Waals surface area contributed by atoms with E-state index in [1.165, 1.54) is 0 Å². The Kier molecular flexibility index (Phi) is 27.4. The Bertz CT molecular complexity index is 134. The summed E-state index contributed by atoms with van der Waals surface area (Å²) in [6.07, 6.45) is 0. The zero-order valence-corrected chi connectivity index (χ0v) is 4.50. The van der Waals surface area contributed by atoms with Crippen molar-refractivity contribution >= 4 is 54.5 Å². The van der Waals surface area contributed by atoms with E-state index in [-0.39, 0.29) is 44.2 Å². The first-order valence-corrected chi connectivity index (χ1v) is 2.75. The second-order valence-electron chi connectivity index (χ2n) is 0.620. The summed E-state index contributed by atoms with van der Waals surface area (Å²) in [4.78, 5) is 8.36. The molecule has 0 aliphatic carbocycles. The van der Waals surface area contributed by atoms with Gasteiger partial charge in [-0.25, -0.2) is 5.14 Å². The Morgan fingerprint density at radius 2 is 1.30 bits per heavy atom. The molecule has 0 amide bonds. The molecule has 0 heterocycles. The zero-order chi connectivity index (χ0) is 7.21. The van der Waals surface area contributed by atoms with E-state index in [2.05, 4.69) is 5.14 Å². The molecule has 0 aliphatic heterocycles. The van der Waals surface area contributed by atoms with E-state index in [4.69, 9.17) is 22.9 Å². The first-order chi connectivity index (χ1) is 3.41. The van der Waals surface area contributed by atoms with Crippen molar-refractivity contribution in [3.63, 3.8) is 0 Å². The molecule has 9 heteroatoms. The van der Waals surface area contributed by atoms with Crippen LogP contribution >= 0.6 is 0 Å². The minimum absolute atomic E-state index is 0. The number of hydrogen-bond donors (Lipinski definition) is 3. The molecular weight excluding hydrogens is 152 g/mol. The molecule has 0 aromatic carbocycles. The van der Waals surface area contributed by atoms with Gasteiger partial charge in [-0.15, -0.1) is 0 Å². The molecule has 0 bridgehead atoms. The summed E-state index contributed by atoms with van der Waals surface area (Å²) >= 11 is 0. The van der Waals surface area contributed by atoms with Crippen molar-refractivity contribution < 1.29 is 22.9 Å². The van der Waals surface area contributed by atoms with E-state index in [0.29, 0.717) is 0 Å². The molecule has 0 spiro atoms. The van der Waals surface area contributed by atoms with Crippen LogP contribution in [0.15, 0.2) is 0 Å². The second kappa shape index (κ2) is 12.2. The summed E-state index contributed by atoms with van der Waals surface area (Å²) in [5.41, 5.74) is 0. The van der Waals surface area contributed by atoms with E-state index < -0.39 is 10.3 Å². The van der Waals surface area contributed by atoms with Crippen molar-refractivity contribution in [2.45, 2.75) is 0 Å². The fraction of sp³-hybridized carbons (Fsp3) is 0. The third-order valence-corrected chi connectivity index (χ3v) is 0. The molecule has 0 rings (SSSR count). The first-order valence-electron chi connectivity index (χ1n) is 1.25. The molecule has 0 saturated heterocycles. The zero-order valence-electron chi connectivity index (χ0n) is 3.68. The summed E-state index contributed by atoms with van der Waals surface area (Å²) in [6, 6.07) is 0. The molecule has 6 nitrogen and oxygen atoms in total. The molecular formula is CH7Li2NO5S. The van der Waals surface area contributed by atoms with Crippen LogP contribution in [0.4, 0.5) is 0 Å². The maximum absolute atomic E-state index is 8.97. The number of nitrogens with two attached hydrogens (primary N) is 1. The predicted octanol–water partition coefficient (Wildman–Crippen LogP) is -2.85. The van der Waals surface area contributed by atoms with Gasteiger partial charge in [0.15, 0.2) is 0 Å². The molecule has 0 aliphatic rings. The van der Waals surface area contributed by atoms with Gasteiger partial charge in [-0.1, -0.05) is 0 Å². The van der Waals surface area contributed by atoms with Gasteiger partial charge in [-0.05, 0) is 0 Å². The SMILES string of the molecule is NS(=O)(=O)O.O=CO.[LiH].[LiH]. The Morgan fingerprint density at radius 1 is 1.30 bits per heavy atom. The monoisotopic (exact) mass is 159 g/mol. The summed E-state index contributed by atoms with van der Waals surface area (Å²) in [7, 11) is -4.17. The Balaban J connectivity index is -0.0000000326. The summed E-state index contributed by atoms with van der Waals surface area (Å²) < 4.78 is 25.2. The average molecular weight is 159 g/mol. The van der Waals surface area contributed by atoms with Crippen molar-refractivity contribution in [1.82, 2.24) is 0 Å². The molecule has 0 aromatic rings. The molecule has 0 atom stereocenters. The van der Waals surface area contributed by atoms with Crippen LogP contribution in [0, 0.1) is 0 Å².